The van der Waals surface area contributed by atoms with Gasteiger partial charge in [-0.25, -0.2) is 4.79 Å². The van der Waals surface area contributed by atoms with E-state index in [0.29, 0.717) is 11.4 Å². The zero-order valence-electron chi connectivity index (χ0n) is 13.4. The molecular formula is C16H23NO5. The number of carbonyl (C=O) groups is 2. The lowest BCUT2D eigenvalue weighted by Gasteiger charge is -2.16. The van der Waals surface area contributed by atoms with Crippen LogP contribution in [0.15, 0.2) is 18.2 Å². The fourth-order valence-electron chi connectivity index (χ4n) is 1.67. The summed E-state index contributed by atoms with van der Waals surface area (Å²) in [6, 6.07) is 5.46. The molecule has 0 aliphatic heterocycles. The highest BCUT2D eigenvalue weighted by Gasteiger charge is 2.11. The summed E-state index contributed by atoms with van der Waals surface area (Å²) in [5, 5.41) is 11.9. The van der Waals surface area contributed by atoms with Gasteiger partial charge in [-0.15, -0.1) is 0 Å². The van der Waals surface area contributed by atoms with Crippen LogP contribution < -0.4 is 10.1 Å². The molecular weight excluding hydrogens is 286 g/mol. The first-order chi connectivity index (χ1) is 10.3. The number of carboxylic acid groups (broad SMARTS) is 1. The molecule has 0 saturated heterocycles. The van der Waals surface area contributed by atoms with Gasteiger partial charge in [-0.1, -0.05) is 19.9 Å². The Morgan fingerprint density at radius 2 is 1.91 bits per heavy atom. The molecule has 0 aliphatic carbocycles. The van der Waals surface area contributed by atoms with E-state index in [4.69, 9.17) is 14.6 Å². The highest BCUT2D eigenvalue weighted by molar-refractivity contribution is 5.71. The van der Waals surface area contributed by atoms with Crippen LogP contribution in [0.2, 0.25) is 0 Å². The Morgan fingerprint density at radius 1 is 1.23 bits per heavy atom. The number of carboxylic acids is 1. The van der Waals surface area contributed by atoms with E-state index in [-0.39, 0.29) is 24.5 Å². The molecule has 6 heteroatoms. The summed E-state index contributed by atoms with van der Waals surface area (Å²) >= 11 is 0. The maximum Gasteiger partial charge on any atom is 0.341 e. The number of rotatable bonds is 8. The standard InChI is InChI=1S/C16H23NO5/c1-10(2)16(20)22-8-12-5-6-13(17-11(3)4)14(7-12)21-9-15(18)19/h5-7,10-11,17H,8-9H2,1-4H3,(H,18,19). The smallest absolute Gasteiger partial charge is 0.341 e. The average molecular weight is 309 g/mol. The fourth-order valence-corrected chi connectivity index (χ4v) is 1.67. The first-order valence-electron chi connectivity index (χ1n) is 7.20. The molecule has 2 N–H and O–H groups in total. The van der Waals surface area contributed by atoms with Gasteiger partial charge < -0.3 is 19.9 Å². The highest BCUT2D eigenvalue weighted by atomic mass is 16.5. The van der Waals surface area contributed by atoms with Gasteiger partial charge in [-0.3, -0.25) is 4.79 Å². The summed E-state index contributed by atoms with van der Waals surface area (Å²) in [6.45, 7) is 7.17. The molecule has 1 aromatic carbocycles. The predicted molar refractivity (Wildman–Crippen MR) is 83.0 cm³/mol. The molecule has 0 fully saturated rings. The largest absolute Gasteiger partial charge is 0.480 e. The van der Waals surface area contributed by atoms with Crippen LogP contribution in [0, 0.1) is 5.92 Å². The van der Waals surface area contributed by atoms with Crippen molar-refractivity contribution in [1.29, 1.82) is 0 Å². The first kappa shape index (κ1) is 17.8. The maximum absolute atomic E-state index is 11.5. The number of benzene rings is 1. The van der Waals surface area contributed by atoms with Crippen LogP contribution in [-0.2, 0) is 20.9 Å². The molecule has 0 heterocycles. The summed E-state index contributed by atoms with van der Waals surface area (Å²) in [6.07, 6.45) is 0. The highest BCUT2D eigenvalue weighted by Crippen LogP contribution is 2.27. The lowest BCUT2D eigenvalue weighted by Crippen LogP contribution is -2.15. The van der Waals surface area contributed by atoms with Gasteiger partial charge in [0.05, 0.1) is 11.6 Å². The number of anilines is 1. The van der Waals surface area contributed by atoms with Crippen molar-refractivity contribution in [3.05, 3.63) is 23.8 Å². The third-order valence-corrected chi connectivity index (χ3v) is 2.69. The Labute approximate surface area is 130 Å². The third kappa shape index (κ3) is 6.03. The molecule has 122 valence electrons. The fraction of sp³-hybridized carbons (Fsp3) is 0.500. The molecule has 0 saturated carbocycles. The Bertz CT molecular complexity index is 525. The first-order valence-corrected chi connectivity index (χ1v) is 7.20. The Kier molecular flexibility index (Phi) is 6.69. The van der Waals surface area contributed by atoms with Gasteiger partial charge in [0.25, 0.3) is 0 Å². The van der Waals surface area contributed by atoms with Crippen molar-refractivity contribution in [3.63, 3.8) is 0 Å². The van der Waals surface area contributed by atoms with Crippen LogP contribution in [-0.4, -0.2) is 29.7 Å². The molecule has 0 aliphatic rings. The van der Waals surface area contributed by atoms with Crippen LogP contribution in [0.25, 0.3) is 0 Å². The molecule has 22 heavy (non-hydrogen) atoms. The number of carbonyl (C=O) groups excluding carboxylic acids is 1. The SMILES string of the molecule is CC(C)Nc1ccc(COC(=O)C(C)C)cc1OCC(=O)O. The van der Waals surface area contributed by atoms with Crippen molar-refractivity contribution in [1.82, 2.24) is 0 Å². The van der Waals surface area contributed by atoms with E-state index in [1.165, 1.54) is 0 Å². The Balaban J connectivity index is 2.85. The number of esters is 1. The van der Waals surface area contributed by atoms with Gasteiger partial charge in [0.2, 0.25) is 0 Å². The average Bonchev–Trinajstić information content (AvgIpc) is 2.43. The summed E-state index contributed by atoms with van der Waals surface area (Å²) < 4.78 is 10.5. The van der Waals surface area contributed by atoms with Gasteiger partial charge >= 0.3 is 11.9 Å². The number of nitrogens with one attached hydrogen (secondary N) is 1. The minimum Gasteiger partial charge on any atom is -0.480 e. The van der Waals surface area contributed by atoms with E-state index in [9.17, 15) is 9.59 Å². The Morgan fingerprint density at radius 3 is 2.45 bits per heavy atom. The van der Waals surface area contributed by atoms with Gasteiger partial charge in [0.15, 0.2) is 6.61 Å². The van der Waals surface area contributed by atoms with Crippen molar-refractivity contribution in [2.45, 2.75) is 40.3 Å². The quantitative estimate of drug-likeness (QED) is 0.718. The van der Waals surface area contributed by atoms with Crippen molar-refractivity contribution in [2.24, 2.45) is 5.92 Å². The van der Waals surface area contributed by atoms with Crippen LogP contribution in [0.4, 0.5) is 5.69 Å². The normalized spacial score (nSPS) is 10.6. The molecule has 0 unspecified atom stereocenters. The van der Waals surface area contributed by atoms with Crippen LogP contribution >= 0.6 is 0 Å². The molecule has 0 radical (unpaired) electrons. The number of aliphatic carboxylic acids is 1. The molecule has 0 spiro atoms. The van der Waals surface area contributed by atoms with E-state index in [0.717, 1.165) is 5.56 Å². The van der Waals surface area contributed by atoms with Crippen molar-refractivity contribution in [3.8, 4) is 5.75 Å². The molecule has 6 nitrogen and oxygen atoms in total. The van der Waals surface area contributed by atoms with Gasteiger partial charge in [0.1, 0.15) is 12.4 Å². The van der Waals surface area contributed by atoms with Gasteiger partial charge in [-0.05, 0) is 31.5 Å². The van der Waals surface area contributed by atoms with Crippen molar-refractivity contribution >= 4 is 17.6 Å². The lowest BCUT2D eigenvalue weighted by atomic mass is 10.2. The number of hydrogen-bond donors (Lipinski definition) is 2. The van der Waals surface area contributed by atoms with E-state index in [1.807, 2.05) is 19.9 Å². The second-order valence-corrected chi connectivity index (χ2v) is 5.57. The molecule has 0 bridgehead atoms. The van der Waals surface area contributed by atoms with Gasteiger partial charge in [-0.2, -0.15) is 0 Å². The Hall–Kier alpha value is -2.24. The number of ether oxygens (including phenoxy) is 2. The zero-order chi connectivity index (χ0) is 16.7. The molecule has 0 atom stereocenters. The summed E-state index contributed by atoms with van der Waals surface area (Å²) in [5.74, 6) is -1.09. The summed E-state index contributed by atoms with van der Waals surface area (Å²) in [4.78, 5) is 22.2. The van der Waals surface area contributed by atoms with Crippen LogP contribution in [0.1, 0.15) is 33.3 Å². The van der Waals surface area contributed by atoms with Crippen LogP contribution in [0.5, 0.6) is 5.75 Å². The molecule has 0 amide bonds. The lowest BCUT2D eigenvalue weighted by molar-refractivity contribution is -0.148. The van der Waals surface area contributed by atoms with E-state index in [1.54, 1.807) is 26.0 Å². The summed E-state index contributed by atoms with van der Waals surface area (Å²) in [5.41, 5.74) is 1.44. The van der Waals surface area contributed by atoms with Crippen molar-refractivity contribution in [2.75, 3.05) is 11.9 Å². The van der Waals surface area contributed by atoms with Gasteiger partial charge in [0, 0.05) is 6.04 Å². The molecule has 1 aromatic rings. The van der Waals surface area contributed by atoms with E-state index < -0.39 is 12.6 Å². The third-order valence-electron chi connectivity index (χ3n) is 2.69. The summed E-state index contributed by atoms with van der Waals surface area (Å²) in [7, 11) is 0. The minimum absolute atomic E-state index is 0.127. The monoisotopic (exact) mass is 309 g/mol. The second-order valence-electron chi connectivity index (χ2n) is 5.57. The van der Waals surface area contributed by atoms with E-state index in [2.05, 4.69) is 5.32 Å². The van der Waals surface area contributed by atoms with Crippen molar-refractivity contribution < 1.29 is 24.2 Å². The van der Waals surface area contributed by atoms with Crippen LogP contribution in [0.3, 0.4) is 0 Å². The molecule has 1 rings (SSSR count). The van der Waals surface area contributed by atoms with E-state index >= 15 is 0 Å². The zero-order valence-corrected chi connectivity index (χ0v) is 13.4. The topological polar surface area (TPSA) is 84.9 Å². The predicted octanol–water partition coefficient (Wildman–Crippen LogP) is 2.67. The minimum atomic E-state index is -1.05. The second kappa shape index (κ2) is 8.26. The maximum atomic E-state index is 11.5. The number of hydrogen-bond acceptors (Lipinski definition) is 5. The molecule has 0 aromatic heterocycles.